The Morgan fingerprint density at radius 1 is 1.59 bits per heavy atom. The Labute approximate surface area is 111 Å². The summed E-state index contributed by atoms with van der Waals surface area (Å²) in [7, 11) is -3.37. The van der Waals surface area contributed by atoms with E-state index in [9.17, 15) is 8.42 Å². The van der Waals surface area contributed by atoms with E-state index in [-0.39, 0.29) is 0 Å². The Kier molecular flexibility index (Phi) is 5.94. The van der Waals surface area contributed by atoms with Gasteiger partial charge in [0.05, 0.1) is 4.90 Å². The number of nitrogens with two attached hydrogens (primary N) is 1. The Hall–Kier alpha value is -0.0800. The van der Waals surface area contributed by atoms with E-state index in [0.717, 1.165) is 10.6 Å². The Bertz CT molecular complexity index is 442. The number of hydrogen-bond donors (Lipinski definition) is 2. The molecule has 0 aliphatic rings. The van der Waals surface area contributed by atoms with Gasteiger partial charge in [0.1, 0.15) is 0 Å². The highest BCUT2D eigenvalue weighted by Gasteiger charge is 2.16. The van der Waals surface area contributed by atoms with Crippen LogP contribution in [-0.4, -0.2) is 27.0 Å². The fourth-order valence-corrected chi connectivity index (χ4v) is 4.29. The first kappa shape index (κ1) is 15.0. The van der Waals surface area contributed by atoms with Crippen molar-refractivity contribution in [2.24, 2.45) is 11.7 Å². The summed E-state index contributed by atoms with van der Waals surface area (Å²) in [6.07, 6.45) is 2.01. The third kappa shape index (κ3) is 4.59. The predicted octanol–water partition coefficient (Wildman–Crippen LogP) is 1.48. The molecule has 1 heterocycles. The van der Waals surface area contributed by atoms with Crippen molar-refractivity contribution in [3.8, 4) is 0 Å². The van der Waals surface area contributed by atoms with Crippen molar-refractivity contribution in [2.45, 2.75) is 18.4 Å². The fourth-order valence-electron chi connectivity index (χ4n) is 1.29. The van der Waals surface area contributed by atoms with Crippen molar-refractivity contribution in [3.63, 3.8) is 0 Å². The van der Waals surface area contributed by atoms with Crippen LogP contribution in [-0.2, 0) is 16.6 Å². The molecule has 0 bridgehead atoms. The summed E-state index contributed by atoms with van der Waals surface area (Å²) < 4.78 is 26.5. The van der Waals surface area contributed by atoms with Gasteiger partial charge in [-0.1, -0.05) is 6.92 Å². The summed E-state index contributed by atoms with van der Waals surface area (Å²) in [5, 5.41) is 1.63. The summed E-state index contributed by atoms with van der Waals surface area (Å²) in [5.74, 6) is 1.27. The van der Waals surface area contributed by atoms with Gasteiger partial charge in [-0.15, -0.1) is 11.3 Å². The van der Waals surface area contributed by atoms with Crippen LogP contribution in [0, 0.1) is 5.92 Å². The van der Waals surface area contributed by atoms with Gasteiger partial charge < -0.3 is 5.73 Å². The minimum Gasteiger partial charge on any atom is -0.326 e. The highest BCUT2D eigenvalue weighted by atomic mass is 32.2. The molecule has 0 aliphatic heterocycles. The summed E-state index contributed by atoms with van der Waals surface area (Å²) in [4.78, 5) is 1.20. The molecule has 1 unspecified atom stereocenters. The zero-order valence-corrected chi connectivity index (χ0v) is 12.4. The average molecular weight is 294 g/mol. The van der Waals surface area contributed by atoms with E-state index in [1.54, 1.807) is 23.2 Å². The van der Waals surface area contributed by atoms with Crippen molar-refractivity contribution in [2.75, 3.05) is 18.6 Å². The molecule has 3 N–H and O–H groups in total. The van der Waals surface area contributed by atoms with Crippen LogP contribution in [0.3, 0.4) is 0 Å². The van der Waals surface area contributed by atoms with Gasteiger partial charge in [0.2, 0.25) is 10.0 Å². The molecule has 0 fully saturated rings. The Morgan fingerprint density at radius 3 is 2.82 bits per heavy atom. The highest BCUT2D eigenvalue weighted by molar-refractivity contribution is 7.98. The van der Waals surface area contributed by atoms with Crippen LogP contribution in [0.25, 0.3) is 0 Å². The quantitative estimate of drug-likeness (QED) is 0.799. The monoisotopic (exact) mass is 294 g/mol. The lowest BCUT2D eigenvalue weighted by molar-refractivity contribution is 0.563. The molecule has 0 amide bonds. The van der Waals surface area contributed by atoms with Gasteiger partial charge in [-0.3, -0.25) is 0 Å². The second kappa shape index (κ2) is 6.75. The van der Waals surface area contributed by atoms with Gasteiger partial charge in [-0.25, -0.2) is 13.1 Å². The first-order valence-electron chi connectivity index (χ1n) is 5.25. The lowest BCUT2D eigenvalue weighted by Crippen LogP contribution is -2.29. The summed E-state index contributed by atoms with van der Waals surface area (Å²) >= 11 is 3.09. The van der Waals surface area contributed by atoms with E-state index in [1.807, 2.05) is 13.2 Å². The largest absolute Gasteiger partial charge is 0.326 e. The molecule has 98 valence electrons. The lowest BCUT2D eigenvalue weighted by atomic mass is 10.2. The van der Waals surface area contributed by atoms with Crippen molar-refractivity contribution in [1.82, 2.24) is 4.72 Å². The number of thiophene rings is 1. The van der Waals surface area contributed by atoms with Crippen LogP contribution in [0.5, 0.6) is 0 Å². The third-order valence-electron chi connectivity index (χ3n) is 2.21. The molecule has 7 heteroatoms. The SMILES string of the molecule is CSCC(C)CNS(=O)(=O)c1csc(CN)c1. The average Bonchev–Trinajstić information content (AvgIpc) is 2.76. The minimum absolute atomic E-state index is 0.319. The van der Waals surface area contributed by atoms with Crippen LogP contribution in [0.4, 0.5) is 0 Å². The maximum Gasteiger partial charge on any atom is 0.241 e. The molecule has 1 atom stereocenters. The van der Waals surface area contributed by atoms with Crippen molar-refractivity contribution >= 4 is 33.1 Å². The van der Waals surface area contributed by atoms with Gasteiger partial charge in [0, 0.05) is 23.3 Å². The van der Waals surface area contributed by atoms with Crippen LogP contribution in [0.1, 0.15) is 11.8 Å². The Morgan fingerprint density at radius 2 is 2.29 bits per heavy atom. The van der Waals surface area contributed by atoms with Gasteiger partial charge in [0.15, 0.2) is 0 Å². The smallest absolute Gasteiger partial charge is 0.241 e. The molecule has 0 saturated carbocycles. The molecule has 4 nitrogen and oxygen atoms in total. The molecule has 1 rings (SSSR count). The summed E-state index contributed by atoms with van der Waals surface area (Å²) in [6, 6.07) is 1.63. The number of rotatable bonds is 7. The molecular formula is C10H18N2O2S3. The molecule has 1 aromatic heterocycles. The molecule has 0 aromatic carbocycles. The zero-order chi connectivity index (χ0) is 12.9. The number of thioether (sulfide) groups is 1. The van der Waals surface area contributed by atoms with Gasteiger partial charge >= 0.3 is 0 Å². The maximum absolute atomic E-state index is 11.9. The predicted molar refractivity (Wildman–Crippen MR) is 74.9 cm³/mol. The van der Waals surface area contributed by atoms with Crippen LogP contribution >= 0.6 is 23.1 Å². The van der Waals surface area contributed by atoms with Gasteiger partial charge in [-0.2, -0.15) is 11.8 Å². The minimum atomic E-state index is -3.37. The highest BCUT2D eigenvalue weighted by Crippen LogP contribution is 2.18. The molecule has 0 radical (unpaired) electrons. The Balaban J connectivity index is 2.62. The third-order valence-corrected chi connectivity index (χ3v) is 5.63. The standard InChI is InChI=1S/C10H18N2O2S3/c1-8(6-15-2)5-12-17(13,14)10-3-9(4-11)16-7-10/h3,7-8,12H,4-6,11H2,1-2H3. The molecule has 0 saturated heterocycles. The van der Waals surface area contributed by atoms with Gasteiger partial charge in [0.25, 0.3) is 0 Å². The fraction of sp³-hybridized carbons (Fsp3) is 0.600. The molecular weight excluding hydrogens is 276 g/mol. The van der Waals surface area contributed by atoms with Crippen molar-refractivity contribution in [1.29, 1.82) is 0 Å². The summed E-state index contributed by atoms with van der Waals surface area (Å²) in [6.45, 7) is 2.87. The molecule has 0 aliphatic carbocycles. The molecule has 0 spiro atoms. The van der Waals surface area contributed by atoms with E-state index in [1.165, 1.54) is 11.3 Å². The number of nitrogens with one attached hydrogen (secondary N) is 1. The van der Waals surface area contributed by atoms with E-state index >= 15 is 0 Å². The topological polar surface area (TPSA) is 72.2 Å². The zero-order valence-electron chi connectivity index (χ0n) is 9.97. The van der Waals surface area contributed by atoms with E-state index in [2.05, 4.69) is 4.72 Å². The first-order chi connectivity index (χ1) is 7.99. The van der Waals surface area contributed by atoms with E-state index in [0.29, 0.717) is 23.9 Å². The van der Waals surface area contributed by atoms with Crippen molar-refractivity contribution in [3.05, 3.63) is 16.3 Å². The second-order valence-corrected chi connectivity index (χ2v) is 7.54. The van der Waals surface area contributed by atoms with E-state index in [4.69, 9.17) is 5.73 Å². The van der Waals surface area contributed by atoms with Crippen LogP contribution in [0.15, 0.2) is 16.3 Å². The maximum atomic E-state index is 11.9. The molecule has 17 heavy (non-hydrogen) atoms. The van der Waals surface area contributed by atoms with Crippen LogP contribution < -0.4 is 10.5 Å². The number of sulfonamides is 1. The molecule has 1 aromatic rings. The summed E-state index contributed by atoms with van der Waals surface area (Å²) in [5.41, 5.74) is 5.46. The first-order valence-corrected chi connectivity index (χ1v) is 9.01. The second-order valence-electron chi connectivity index (χ2n) is 3.87. The van der Waals surface area contributed by atoms with E-state index < -0.39 is 10.0 Å². The van der Waals surface area contributed by atoms with Gasteiger partial charge in [-0.05, 0) is 24.0 Å². The normalized spacial score (nSPS) is 13.8. The lowest BCUT2D eigenvalue weighted by Gasteiger charge is -2.10. The number of hydrogen-bond acceptors (Lipinski definition) is 5. The van der Waals surface area contributed by atoms with Crippen molar-refractivity contribution < 1.29 is 8.42 Å². The van der Waals surface area contributed by atoms with Crippen LogP contribution in [0.2, 0.25) is 0 Å².